The van der Waals surface area contributed by atoms with Gasteiger partial charge < -0.3 is 0 Å². The summed E-state index contributed by atoms with van der Waals surface area (Å²) in [6.07, 6.45) is 3.58. The van der Waals surface area contributed by atoms with Crippen molar-refractivity contribution in [3.8, 4) is 0 Å². The molecule has 0 saturated heterocycles. The van der Waals surface area contributed by atoms with Crippen LogP contribution in [-0.4, -0.2) is 26.5 Å². The van der Waals surface area contributed by atoms with E-state index in [1.807, 2.05) is 91.0 Å². The predicted octanol–water partition coefficient (Wildman–Crippen LogP) is 7.51. The van der Waals surface area contributed by atoms with E-state index in [1.165, 1.54) is 30.3 Å². The molecule has 0 atom stereocenters. The summed E-state index contributed by atoms with van der Waals surface area (Å²) in [7, 11) is 0. The summed E-state index contributed by atoms with van der Waals surface area (Å²) >= 11 is 0. The first kappa shape index (κ1) is 28.3. The van der Waals surface area contributed by atoms with Gasteiger partial charge in [-0.15, -0.1) is 15.0 Å². The van der Waals surface area contributed by atoms with Crippen molar-refractivity contribution in [1.29, 1.82) is 0 Å². The lowest BCUT2D eigenvalue weighted by molar-refractivity contribution is -0.104. The third kappa shape index (κ3) is 5.39. The van der Waals surface area contributed by atoms with Crippen molar-refractivity contribution in [2.45, 2.75) is 5.54 Å². The molecule has 7 heteroatoms. The Labute approximate surface area is 253 Å². The maximum atomic E-state index is 14.0. The molecule has 1 aromatic heterocycles. The van der Waals surface area contributed by atoms with Gasteiger partial charge in [0, 0.05) is 11.1 Å². The molecule has 0 unspecified atom stereocenters. The number of hydrogen-bond acceptors (Lipinski definition) is 4. The van der Waals surface area contributed by atoms with E-state index >= 15 is 0 Å². The molecule has 5 nitrogen and oxygen atoms in total. The van der Waals surface area contributed by atoms with Gasteiger partial charge >= 0.3 is 0 Å². The molecule has 0 aliphatic carbocycles. The minimum atomic E-state index is -1.01. The van der Waals surface area contributed by atoms with Crippen LogP contribution in [0.4, 0.5) is 8.78 Å². The number of tetrazole rings is 1. The van der Waals surface area contributed by atoms with E-state index in [2.05, 4.69) is 10.3 Å². The number of carbonyl (C=O) groups is 1. The summed E-state index contributed by atoms with van der Waals surface area (Å²) in [6, 6.07) is 41.6. The number of hydrogen-bond donors (Lipinski definition) is 0. The summed E-state index contributed by atoms with van der Waals surface area (Å²) in [6.45, 7) is 0. The SMILES string of the molecule is O=CC=CC(=C(c1ccc(F)cc1)c1ccc(F)cc1)c1nnn(C(c2ccccc2)(c2ccccc2)c2ccccc2)n1. The van der Waals surface area contributed by atoms with Gasteiger partial charge in [-0.25, -0.2) is 8.78 Å². The predicted molar refractivity (Wildman–Crippen MR) is 166 cm³/mol. The average Bonchev–Trinajstić information content (AvgIpc) is 3.56. The van der Waals surface area contributed by atoms with Crippen LogP contribution in [0.5, 0.6) is 0 Å². The molecule has 0 aliphatic heterocycles. The van der Waals surface area contributed by atoms with Crippen LogP contribution in [0.15, 0.2) is 152 Å². The number of aromatic nitrogens is 4. The molecule has 44 heavy (non-hydrogen) atoms. The molecule has 0 fully saturated rings. The number of nitrogens with zero attached hydrogens (tertiary/aromatic N) is 4. The highest BCUT2D eigenvalue weighted by molar-refractivity contribution is 6.01. The average molecular weight is 581 g/mol. The van der Waals surface area contributed by atoms with Crippen molar-refractivity contribution < 1.29 is 13.6 Å². The summed E-state index contributed by atoms with van der Waals surface area (Å²) in [5.74, 6) is -0.585. The van der Waals surface area contributed by atoms with Gasteiger partial charge in [0.05, 0.1) is 0 Å². The summed E-state index contributed by atoms with van der Waals surface area (Å²) in [5.41, 5.74) is 3.99. The molecule has 5 aromatic carbocycles. The fraction of sp³-hybridized carbons (Fsp3) is 0.0270. The van der Waals surface area contributed by atoms with Crippen molar-refractivity contribution in [2.24, 2.45) is 0 Å². The van der Waals surface area contributed by atoms with Gasteiger partial charge in [-0.1, -0.05) is 115 Å². The molecule has 0 bridgehead atoms. The highest BCUT2D eigenvalue weighted by Gasteiger charge is 2.41. The van der Waals surface area contributed by atoms with Crippen molar-refractivity contribution in [1.82, 2.24) is 20.2 Å². The quantitative estimate of drug-likeness (QED) is 0.0769. The highest BCUT2D eigenvalue weighted by atomic mass is 19.1. The highest BCUT2D eigenvalue weighted by Crippen LogP contribution is 2.40. The Kier molecular flexibility index (Phi) is 8.10. The first-order valence-corrected chi connectivity index (χ1v) is 14.0. The van der Waals surface area contributed by atoms with Crippen molar-refractivity contribution in [2.75, 3.05) is 0 Å². The van der Waals surface area contributed by atoms with Crippen molar-refractivity contribution in [3.63, 3.8) is 0 Å². The molecule has 214 valence electrons. The van der Waals surface area contributed by atoms with Crippen molar-refractivity contribution in [3.05, 3.63) is 197 Å². The Bertz CT molecular complexity index is 1770. The van der Waals surface area contributed by atoms with Crippen LogP contribution in [0.2, 0.25) is 0 Å². The fourth-order valence-corrected chi connectivity index (χ4v) is 5.46. The van der Waals surface area contributed by atoms with E-state index < -0.39 is 17.2 Å². The second-order valence-electron chi connectivity index (χ2n) is 10.0. The third-order valence-electron chi connectivity index (χ3n) is 7.41. The third-order valence-corrected chi connectivity index (χ3v) is 7.41. The topological polar surface area (TPSA) is 60.7 Å². The van der Waals surface area contributed by atoms with Crippen LogP contribution in [0.1, 0.15) is 33.6 Å². The van der Waals surface area contributed by atoms with Gasteiger partial charge in [0.25, 0.3) is 0 Å². The molecule has 6 rings (SSSR count). The fourth-order valence-electron chi connectivity index (χ4n) is 5.46. The largest absolute Gasteiger partial charge is 0.299 e. The Morgan fingerprint density at radius 1 is 0.614 bits per heavy atom. The maximum Gasteiger partial charge on any atom is 0.205 e. The van der Waals surface area contributed by atoms with E-state index in [4.69, 9.17) is 5.10 Å². The second-order valence-corrected chi connectivity index (χ2v) is 10.0. The molecular weight excluding hydrogens is 554 g/mol. The van der Waals surface area contributed by atoms with Gasteiger partial charge in [-0.05, 0) is 69.4 Å². The molecule has 0 amide bonds. The molecule has 0 saturated carbocycles. The van der Waals surface area contributed by atoms with Crippen LogP contribution >= 0.6 is 0 Å². The number of allylic oxidation sites excluding steroid dienone is 3. The van der Waals surface area contributed by atoms with Gasteiger partial charge in [-0.3, -0.25) is 4.79 Å². The first-order chi connectivity index (χ1) is 21.6. The normalized spacial score (nSPS) is 11.4. The number of aldehydes is 1. The van der Waals surface area contributed by atoms with E-state index in [0.717, 1.165) is 16.7 Å². The lowest BCUT2D eigenvalue weighted by atomic mass is 9.77. The number of halogens is 2. The van der Waals surface area contributed by atoms with Gasteiger partial charge in [0.1, 0.15) is 17.9 Å². The molecule has 1 heterocycles. The Hall–Kier alpha value is -5.82. The zero-order chi connectivity index (χ0) is 30.4. The lowest BCUT2D eigenvalue weighted by Gasteiger charge is -2.34. The first-order valence-electron chi connectivity index (χ1n) is 14.0. The summed E-state index contributed by atoms with van der Waals surface area (Å²) in [4.78, 5) is 13.2. The summed E-state index contributed by atoms with van der Waals surface area (Å²) in [5, 5.41) is 14.2. The number of benzene rings is 5. The molecule has 0 aliphatic rings. The number of rotatable bonds is 9. The summed E-state index contributed by atoms with van der Waals surface area (Å²) < 4.78 is 28.0. The Balaban J connectivity index is 1.66. The zero-order valence-corrected chi connectivity index (χ0v) is 23.5. The molecule has 0 N–H and O–H groups in total. The smallest absolute Gasteiger partial charge is 0.205 e. The second kappa shape index (κ2) is 12.6. The minimum absolute atomic E-state index is 0.221. The van der Waals surface area contributed by atoms with E-state index in [-0.39, 0.29) is 5.82 Å². The van der Waals surface area contributed by atoms with Gasteiger partial charge in [-0.2, -0.15) is 0 Å². The molecular formula is C37H26F2N4O. The zero-order valence-electron chi connectivity index (χ0n) is 23.5. The minimum Gasteiger partial charge on any atom is -0.299 e. The van der Waals surface area contributed by atoms with Gasteiger partial charge in [0.2, 0.25) is 5.82 Å². The van der Waals surface area contributed by atoms with Crippen LogP contribution in [0, 0.1) is 11.6 Å². The maximum absolute atomic E-state index is 14.0. The van der Waals surface area contributed by atoms with Gasteiger partial charge in [0.15, 0.2) is 5.54 Å². The molecule has 6 aromatic rings. The van der Waals surface area contributed by atoms with Crippen LogP contribution in [0.3, 0.4) is 0 Å². The van der Waals surface area contributed by atoms with E-state index in [9.17, 15) is 13.6 Å². The van der Waals surface area contributed by atoms with Crippen LogP contribution in [0.25, 0.3) is 11.1 Å². The molecule has 0 radical (unpaired) electrons. The van der Waals surface area contributed by atoms with Crippen LogP contribution < -0.4 is 0 Å². The lowest BCUT2D eigenvalue weighted by Crippen LogP contribution is -2.39. The van der Waals surface area contributed by atoms with E-state index in [1.54, 1.807) is 35.1 Å². The standard InChI is InChI=1S/C37H26F2N4O/c38-32-22-18-27(19-23-32)35(28-20-24-33(39)25-21-28)34(17-10-26-44)36-40-42-43(41-36)37(29-11-4-1-5-12-29,30-13-6-2-7-14-30)31-15-8-3-9-16-31/h1-26H. The number of carbonyl (C=O) groups excluding carboxylic acids is 1. The Morgan fingerprint density at radius 3 is 1.45 bits per heavy atom. The van der Waals surface area contributed by atoms with E-state index in [0.29, 0.717) is 28.6 Å². The monoisotopic (exact) mass is 580 g/mol. The Morgan fingerprint density at radius 2 is 1.05 bits per heavy atom. The van der Waals surface area contributed by atoms with Crippen LogP contribution in [-0.2, 0) is 10.3 Å². The molecule has 0 spiro atoms. The van der Waals surface area contributed by atoms with Crippen molar-refractivity contribution >= 4 is 17.4 Å².